The van der Waals surface area contributed by atoms with Crippen LogP contribution in [0.15, 0.2) is 99.5 Å². The number of aromatic nitrogens is 6. The predicted molar refractivity (Wildman–Crippen MR) is 156 cm³/mol. The normalized spacial score (nSPS) is 14.9. The molecule has 1 N–H and O–H groups in total. The van der Waals surface area contributed by atoms with Gasteiger partial charge in [-0.15, -0.1) is 0 Å². The van der Waals surface area contributed by atoms with E-state index in [9.17, 15) is 9.59 Å². The molecule has 0 spiro atoms. The molecule has 7 rings (SSSR count). The average Bonchev–Trinajstić information content (AvgIpc) is 3.57. The molecule has 1 unspecified atom stereocenters. The Labute approximate surface area is 229 Å². The van der Waals surface area contributed by atoms with Crippen LogP contribution in [0.5, 0.6) is 0 Å². The summed E-state index contributed by atoms with van der Waals surface area (Å²) in [4.78, 5) is 37.6. The molecule has 3 aromatic heterocycles. The minimum atomic E-state index is -0.405. The molecule has 0 radical (unpaired) electrons. The smallest absolute Gasteiger partial charge is 0.280 e. The summed E-state index contributed by atoms with van der Waals surface area (Å²) in [6.07, 6.45) is 0.366. The molecule has 1 atom stereocenters. The molecule has 0 bridgehead atoms. The highest BCUT2D eigenvalue weighted by molar-refractivity contribution is 6.04. The van der Waals surface area contributed by atoms with Gasteiger partial charge < -0.3 is 4.57 Å². The van der Waals surface area contributed by atoms with Crippen LogP contribution in [0.25, 0.3) is 22.4 Å². The van der Waals surface area contributed by atoms with Crippen molar-refractivity contribution in [3.63, 3.8) is 0 Å². The number of benzene rings is 3. The summed E-state index contributed by atoms with van der Waals surface area (Å²) in [5, 5.41) is 3.22. The summed E-state index contributed by atoms with van der Waals surface area (Å²) in [6, 6.07) is 26.5. The molecule has 1 aliphatic rings. The third-order valence-corrected chi connectivity index (χ3v) is 7.82. The van der Waals surface area contributed by atoms with Crippen LogP contribution in [0.4, 0.5) is 5.95 Å². The van der Waals surface area contributed by atoms with Gasteiger partial charge in [-0.25, -0.2) is 19.3 Å². The third-order valence-electron chi connectivity index (χ3n) is 7.82. The Bertz CT molecular complexity index is 2050. The lowest BCUT2D eigenvalue weighted by atomic mass is 9.96. The van der Waals surface area contributed by atoms with Crippen LogP contribution in [0, 0.1) is 13.8 Å². The van der Waals surface area contributed by atoms with E-state index in [4.69, 9.17) is 9.98 Å². The van der Waals surface area contributed by atoms with E-state index < -0.39 is 6.04 Å². The van der Waals surface area contributed by atoms with Crippen LogP contribution in [0.2, 0.25) is 0 Å². The van der Waals surface area contributed by atoms with E-state index in [1.54, 1.807) is 4.68 Å². The summed E-state index contributed by atoms with van der Waals surface area (Å²) in [5.74, 6) is 0.479. The van der Waals surface area contributed by atoms with E-state index in [1.165, 1.54) is 4.68 Å². The van der Waals surface area contributed by atoms with Crippen LogP contribution < -0.4 is 11.1 Å². The Morgan fingerprint density at radius 2 is 1.48 bits per heavy atom. The van der Waals surface area contributed by atoms with Gasteiger partial charge in [0.05, 0.1) is 45.3 Å². The van der Waals surface area contributed by atoms with Gasteiger partial charge in [0.2, 0.25) is 5.95 Å². The molecule has 6 aromatic rings. The fraction of sp³-hybridized carbons (Fsp3) is 0.161. The molecule has 0 fully saturated rings. The second kappa shape index (κ2) is 8.94. The largest absolute Gasteiger partial charge is 0.300 e. The van der Waals surface area contributed by atoms with Gasteiger partial charge in [0.25, 0.3) is 11.1 Å². The maximum Gasteiger partial charge on any atom is 0.280 e. The fourth-order valence-electron chi connectivity index (χ4n) is 5.87. The summed E-state index contributed by atoms with van der Waals surface area (Å²) in [6.45, 7) is 3.84. The number of hydrogen-bond donors (Lipinski definition) is 1. The number of fused-ring (bicyclic) bond motifs is 3. The average molecular weight is 530 g/mol. The van der Waals surface area contributed by atoms with Gasteiger partial charge in [-0.05, 0) is 50.2 Å². The second-order valence-corrected chi connectivity index (χ2v) is 10.1. The van der Waals surface area contributed by atoms with Crippen LogP contribution >= 0.6 is 0 Å². The molecule has 1 aliphatic heterocycles. The maximum atomic E-state index is 14.1. The van der Waals surface area contributed by atoms with E-state index in [1.807, 2.05) is 115 Å². The van der Waals surface area contributed by atoms with Crippen molar-refractivity contribution in [1.82, 2.24) is 28.7 Å². The van der Waals surface area contributed by atoms with Crippen molar-refractivity contribution >= 4 is 22.7 Å². The Balaban J connectivity index is 1.46. The van der Waals surface area contributed by atoms with Crippen molar-refractivity contribution in [3.05, 3.63) is 128 Å². The van der Waals surface area contributed by atoms with Crippen molar-refractivity contribution in [2.45, 2.75) is 26.3 Å². The first-order chi connectivity index (χ1) is 19.4. The summed E-state index contributed by atoms with van der Waals surface area (Å²) in [7, 11) is 1.90. The van der Waals surface area contributed by atoms with Gasteiger partial charge >= 0.3 is 0 Å². The van der Waals surface area contributed by atoms with E-state index in [2.05, 4.69) is 5.10 Å². The molecule has 0 saturated carbocycles. The van der Waals surface area contributed by atoms with Gasteiger partial charge in [-0.2, -0.15) is 0 Å². The highest BCUT2D eigenvalue weighted by Gasteiger charge is 2.34. The first-order valence-corrected chi connectivity index (χ1v) is 13.2. The number of aryl methyl sites for hydroxylation is 1. The molecular weight excluding hydrogens is 502 g/mol. The molecule has 4 heterocycles. The SMILES string of the molecule is Cc1[nH]n(-c2ccccc2)c(=O)c1C1=Nc2nc3ccccc3n2C(c2c(C)n(C)n(-c3ccccc3)c2=O)C1. The number of aromatic amines is 1. The summed E-state index contributed by atoms with van der Waals surface area (Å²) >= 11 is 0. The number of hydrogen-bond acceptors (Lipinski definition) is 4. The summed E-state index contributed by atoms with van der Waals surface area (Å²) in [5.41, 5.74) is 6.25. The quantitative estimate of drug-likeness (QED) is 0.358. The lowest BCUT2D eigenvalue weighted by Gasteiger charge is -2.25. The molecule has 9 heteroatoms. The molecule has 40 heavy (non-hydrogen) atoms. The van der Waals surface area contributed by atoms with E-state index in [0.717, 1.165) is 28.1 Å². The number of aliphatic imine (C=N–C) groups is 1. The van der Waals surface area contributed by atoms with Gasteiger partial charge in [-0.3, -0.25) is 19.4 Å². The molecule has 0 saturated heterocycles. The van der Waals surface area contributed by atoms with Crippen molar-refractivity contribution in [1.29, 1.82) is 0 Å². The lowest BCUT2D eigenvalue weighted by molar-refractivity contribution is 0.603. The van der Waals surface area contributed by atoms with Crippen LogP contribution in [-0.4, -0.2) is 34.4 Å². The fourth-order valence-corrected chi connectivity index (χ4v) is 5.87. The van der Waals surface area contributed by atoms with Crippen LogP contribution in [-0.2, 0) is 7.05 Å². The third kappa shape index (κ3) is 3.47. The highest BCUT2D eigenvalue weighted by atomic mass is 16.1. The highest BCUT2D eigenvalue weighted by Crippen LogP contribution is 2.37. The van der Waals surface area contributed by atoms with Crippen molar-refractivity contribution in [3.8, 4) is 11.4 Å². The Morgan fingerprint density at radius 3 is 2.20 bits per heavy atom. The maximum absolute atomic E-state index is 14.1. The zero-order chi connectivity index (χ0) is 27.5. The molecule has 0 amide bonds. The Kier molecular flexibility index (Phi) is 5.34. The van der Waals surface area contributed by atoms with Crippen molar-refractivity contribution in [2.75, 3.05) is 0 Å². The van der Waals surface area contributed by atoms with E-state index in [0.29, 0.717) is 34.9 Å². The minimum Gasteiger partial charge on any atom is -0.300 e. The van der Waals surface area contributed by atoms with Gasteiger partial charge in [0.15, 0.2) is 0 Å². The molecule has 9 nitrogen and oxygen atoms in total. The molecule has 3 aromatic carbocycles. The van der Waals surface area contributed by atoms with Crippen molar-refractivity contribution < 1.29 is 0 Å². The molecule has 0 aliphatic carbocycles. The number of rotatable bonds is 4. The molecule has 198 valence electrons. The Hall–Kier alpha value is -5.18. The second-order valence-electron chi connectivity index (χ2n) is 10.1. The predicted octanol–water partition coefficient (Wildman–Crippen LogP) is 4.74. The standard InChI is InChI=1S/C31H27N7O2/c1-19-27(29(39)37(34-19)21-12-6-4-7-13-21)24-18-26(36-25-17-11-10-16-23(25)32-31(36)33-24)28-20(2)35(3)38(30(28)40)22-14-8-5-9-15-22/h4-17,26,34H,18H2,1-3H3. The van der Waals surface area contributed by atoms with Gasteiger partial charge in [-0.1, -0.05) is 48.5 Å². The number of para-hydroxylation sites is 4. The van der Waals surface area contributed by atoms with Crippen LogP contribution in [0.1, 0.15) is 35.0 Å². The Morgan fingerprint density at radius 1 is 0.825 bits per heavy atom. The zero-order valence-electron chi connectivity index (χ0n) is 22.4. The minimum absolute atomic E-state index is 0.103. The first kappa shape index (κ1) is 23.9. The summed E-state index contributed by atoms with van der Waals surface area (Å²) < 4.78 is 7.16. The zero-order valence-corrected chi connectivity index (χ0v) is 22.4. The van der Waals surface area contributed by atoms with Crippen LogP contribution in [0.3, 0.4) is 0 Å². The number of nitrogens with zero attached hydrogens (tertiary/aromatic N) is 6. The van der Waals surface area contributed by atoms with E-state index >= 15 is 0 Å². The van der Waals surface area contributed by atoms with E-state index in [-0.39, 0.29) is 11.1 Å². The number of nitrogens with one attached hydrogen (secondary N) is 1. The first-order valence-electron chi connectivity index (χ1n) is 13.2. The van der Waals surface area contributed by atoms with Gasteiger partial charge in [0.1, 0.15) is 0 Å². The topological polar surface area (TPSA) is 94.9 Å². The monoisotopic (exact) mass is 529 g/mol. The van der Waals surface area contributed by atoms with Crippen molar-refractivity contribution in [2.24, 2.45) is 12.0 Å². The number of H-pyrrole nitrogens is 1. The lowest BCUT2D eigenvalue weighted by Crippen LogP contribution is -2.29. The molecular formula is C31H27N7O2. The van der Waals surface area contributed by atoms with Gasteiger partial charge in [0, 0.05) is 24.9 Å². The number of imidazole rings is 1.